The first-order valence-electron chi connectivity index (χ1n) is 10.4. The molecule has 1 amide bonds. The second-order valence-corrected chi connectivity index (χ2v) is 8.05. The van der Waals surface area contributed by atoms with Crippen molar-refractivity contribution in [2.45, 2.75) is 12.8 Å². The first-order valence-corrected chi connectivity index (χ1v) is 10.8. The van der Waals surface area contributed by atoms with Crippen LogP contribution in [0.2, 0.25) is 5.02 Å². The lowest BCUT2D eigenvalue weighted by molar-refractivity contribution is -0.119. The number of benzene rings is 2. The molecule has 0 saturated carbocycles. The third kappa shape index (κ3) is 4.15. The maximum atomic E-state index is 14.4. The van der Waals surface area contributed by atoms with Crippen LogP contribution in [0.1, 0.15) is 33.6 Å². The van der Waals surface area contributed by atoms with E-state index < -0.39 is 24.3 Å². The molecule has 0 spiro atoms. The summed E-state index contributed by atoms with van der Waals surface area (Å²) in [6, 6.07) is 13.2. The van der Waals surface area contributed by atoms with Gasteiger partial charge >= 0.3 is 5.97 Å². The van der Waals surface area contributed by atoms with Crippen molar-refractivity contribution >= 4 is 51.8 Å². The third-order valence-corrected chi connectivity index (χ3v) is 5.83. The van der Waals surface area contributed by atoms with E-state index in [9.17, 15) is 14.0 Å². The average Bonchev–Trinajstić information content (AvgIpc) is 3.48. The fraction of sp³-hybridized carbons (Fsp3) is 0.120. The van der Waals surface area contributed by atoms with E-state index in [4.69, 9.17) is 21.3 Å². The van der Waals surface area contributed by atoms with E-state index in [1.165, 1.54) is 18.4 Å². The zero-order valence-electron chi connectivity index (χ0n) is 17.7. The Morgan fingerprint density at radius 2 is 2.00 bits per heavy atom. The number of carbonyl (C=O) groups is 2. The number of nitrogens with zero attached hydrogens (tertiary/aromatic N) is 2. The van der Waals surface area contributed by atoms with Crippen LogP contribution >= 0.6 is 11.6 Å². The number of allylic oxidation sites excluding steroid dienone is 1. The summed E-state index contributed by atoms with van der Waals surface area (Å²) in [5, 5.41) is 6.97. The number of ether oxygens (including phenoxy) is 1. The molecule has 5 rings (SSSR count). The zero-order valence-corrected chi connectivity index (χ0v) is 18.4. The van der Waals surface area contributed by atoms with Crippen molar-refractivity contribution in [2.24, 2.45) is 0 Å². The lowest BCUT2D eigenvalue weighted by Gasteiger charge is -2.12. The van der Waals surface area contributed by atoms with Crippen LogP contribution in [0.15, 0.2) is 59.3 Å². The molecule has 1 aliphatic carbocycles. The van der Waals surface area contributed by atoms with Gasteiger partial charge in [-0.05, 0) is 48.3 Å². The van der Waals surface area contributed by atoms with Crippen LogP contribution in [0.4, 0.5) is 10.2 Å². The number of aromatic nitrogens is 2. The number of pyridine rings is 1. The molecular formula is C25H17ClFN3O4. The number of nitrogens with one attached hydrogen (secondary N) is 1. The van der Waals surface area contributed by atoms with Crippen molar-refractivity contribution in [3.8, 4) is 0 Å². The van der Waals surface area contributed by atoms with E-state index in [0.717, 1.165) is 5.57 Å². The number of fused-ring (bicyclic) bond motifs is 2. The van der Waals surface area contributed by atoms with Gasteiger partial charge in [0.25, 0.3) is 5.91 Å². The number of carbonyl (C=O) groups excluding carboxylic acids is 2. The second kappa shape index (κ2) is 9.07. The topological polar surface area (TPSA) is 94.3 Å². The monoisotopic (exact) mass is 477 g/mol. The summed E-state index contributed by atoms with van der Waals surface area (Å²) in [5.74, 6) is -1.41. The van der Waals surface area contributed by atoms with Gasteiger partial charge in [-0.1, -0.05) is 41.0 Å². The number of hydrogen-bond donors (Lipinski definition) is 1. The van der Waals surface area contributed by atoms with Crippen LogP contribution in [-0.2, 0) is 16.0 Å². The molecule has 0 saturated heterocycles. The largest absolute Gasteiger partial charge is 0.452 e. The highest BCUT2D eigenvalue weighted by Gasteiger charge is 2.28. The van der Waals surface area contributed by atoms with Gasteiger partial charge in [-0.15, -0.1) is 0 Å². The molecule has 2 aromatic carbocycles. The minimum absolute atomic E-state index is 0.220. The Hall–Kier alpha value is -4.04. The Labute approximate surface area is 198 Å². The smallest absolute Gasteiger partial charge is 0.339 e. The van der Waals surface area contributed by atoms with Crippen LogP contribution in [0, 0.1) is 5.82 Å². The molecule has 170 valence electrons. The Morgan fingerprint density at radius 3 is 2.79 bits per heavy atom. The minimum atomic E-state index is -0.643. The number of esters is 1. The molecule has 0 aliphatic heterocycles. The summed E-state index contributed by atoms with van der Waals surface area (Å²) in [5.41, 5.74) is 3.27. The molecule has 0 bridgehead atoms. The van der Waals surface area contributed by atoms with Gasteiger partial charge < -0.3 is 14.6 Å². The van der Waals surface area contributed by atoms with Crippen LogP contribution in [-0.4, -0.2) is 28.6 Å². The molecule has 0 radical (unpaired) electrons. The Kier molecular flexibility index (Phi) is 5.81. The van der Waals surface area contributed by atoms with E-state index in [2.05, 4.69) is 15.0 Å². The van der Waals surface area contributed by atoms with Crippen molar-refractivity contribution in [3.05, 3.63) is 88.0 Å². The van der Waals surface area contributed by atoms with E-state index in [1.807, 2.05) is 6.07 Å². The Balaban J connectivity index is 1.50. The lowest BCUT2D eigenvalue weighted by Crippen LogP contribution is -2.22. The first-order chi connectivity index (χ1) is 16.5. The molecule has 2 aromatic heterocycles. The van der Waals surface area contributed by atoms with Gasteiger partial charge in [-0.25, -0.2) is 14.2 Å². The molecule has 7 nitrogen and oxygen atoms in total. The van der Waals surface area contributed by atoms with Gasteiger partial charge in [0.05, 0.1) is 21.8 Å². The molecule has 1 aliphatic rings. The van der Waals surface area contributed by atoms with Gasteiger partial charge in [0.15, 0.2) is 12.4 Å². The van der Waals surface area contributed by atoms with Crippen LogP contribution in [0.3, 0.4) is 0 Å². The molecule has 34 heavy (non-hydrogen) atoms. The average molecular weight is 478 g/mol. The molecule has 0 fully saturated rings. The summed E-state index contributed by atoms with van der Waals surface area (Å²) in [6.45, 7) is -0.495. The van der Waals surface area contributed by atoms with Gasteiger partial charge in [0.2, 0.25) is 0 Å². The number of para-hydroxylation sites is 1. The normalized spacial score (nSPS) is 13.8. The molecular weight excluding hydrogens is 461 g/mol. The SMILES string of the molecule is O=C(COC(=O)c1c2c(nc3ccccc13)/C(=C/c1c(F)cccc1Cl)CC2)Nc1ccon1. The van der Waals surface area contributed by atoms with E-state index in [0.29, 0.717) is 45.6 Å². The van der Waals surface area contributed by atoms with E-state index in [-0.39, 0.29) is 11.4 Å². The van der Waals surface area contributed by atoms with Gasteiger partial charge in [0.1, 0.15) is 12.1 Å². The highest BCUT2D eigenvalue weighted by molar-refractivity contribution is 6.32. The summed E-state index contributed by atoms with van der Waals surface area (Å²) in [6.07, 6.45) is 4.05. The third-order valence-electron chi connectivity index (χ3n) is 5.50. The number of hydrogen-bond acceptors (Lipinski definition) is 6. The summed E-state index contributed by atoms with van der Waals surface area (Å²) < 4.78 is 24.4. The van der Waals surface area contributed by atoms with Crippen molar-refractivity contribution in [1.82, 2.24) is 10.1 Å². The van der Waals surface area contributed by atoms with E-state index >= 15 is 0 Å². The number of halogens is 2. The standard InChI is InChI=1S/C25H17ClFN3O4/c26-18-5-3-6-19(27)17(18)12-14-8-9-16-23(15-4-1-2-7-20(15)28-24(14)16)25(32)33-13-22(31)29-21-10-11-34-30-21/h1-7,10-12H,8-9,13H2,(H,29,30,31)/b14-12+. The fourth-order valence-corrected chi connectivity index (χ4v) is 4.21. The highest BCUT2D eigenvalue weighted by Crippen LogP contribution is 2.38. The zero-order chi connectivity index (χ0) is 23.7. The minimum Gasteiger partial charge on any atom is -0.452 e. The maximum Gasteiger partial charge on any atom is 0.339 e. The molecule has 0 atom stereocenters. The van der Waals surface area contributed by atoms with E-state index in [1.54, 1.807) is 36.4 Å². The predicted molar refractivity (Wildman–Crippen MR) is 125 cm³/mol. The van der Waals surface area contributed by atoms with Crippen molar-refractivity contribution < 1.29 is 23.2 Å². The molecule has 4 aromatic rings. The van der Waals surface area contributed by atoms with Crippen LogP contribution in [0.5, 0.6) is 0 Å². The Morgan fingerprint density at radius 1 is 1.15 bits per heavy atom. The summed E-state index contributed by atoms with van der Waals surface area (Å²) >= 11 is 6.21. The molecule has 0 unspecified atom stereocenters. The van der Waals surface area contributed by atoms with Crippen molar-refractivity contribution in [2.75, 3.05) is 11.9 Å². The highest BCUT2D eigenvalue weighted by atomic mass is 35.5. The number of rotatable bonds is 5. The Bertz CT molecular complexity index is 1430. The van der Waals surface area contributed by atoms with Gasteiger partial charge in [-0.3, -0.25) is 4.79 Å². The van der Waals surface area contributed by atoms with Crippen LogP contribution in [0.25, 0.3) is 22.6 Å². The van der Waals surface area contributed by atoms with Gasteiger partial charge in [-0.2, -0.15) is 0 Å². The quantitative estimate of drug-likeness (QED) is 0.392. The first kappa shape index (κ1) is 21.8. The summed E-state index contributed by atoms with van der Waals surface area (Å²) in [7, 11) is 0. The molecule has 1 N–H and O–H groups in total. The summed E-state index contributed by atoms with van der Waals surface area (Å²) in [4.78, 5) is 30.0. The predicted octanol–water partition coefficient (Wildman–Crippen LogP) is 5.30. The van der Waals surface area contributed by atoms with Crippen molar-refractivity contribution in [3.63, 3.8) is 0 Å². The number of anilines is 1. The molecule has 9 heteroatoms. The fourth-order valence-electron chi connectivity index (χ4n) is 3.99. The van der Waals surface area contributed by atoms with Crippen LogP contribution < -0.4 is 5.32 Å². The second-order valence-electron chi connectivity index (χ2n) is 7.65. The maximum absolute atomic E-state index is 14.4. The molecule has 2 heterocycles. The lowest BCUT2D eigenvalue weighted by atomic mass is 10.0. The number of amides is 1. The van der Waals surface area contributed by atoms with Crippen molar-refractivity contribution in [1.29, 1.82) is 0 Å². The van der Waals surface area contributed by atoms with Gasteiger partial charge in [0, 0.05) is 17.0 Å².